The summed E-state index contributed by atoms with van der Waals surface area (Å²) < 4.78 is 27.6. The molecule has 2 rings (SSSR count). The van der Waals surface area contributed by atoms with Crippen LogP contribution < -0.4 is 0 Å². The molecule has 1 nitrogen and oxygen atoms in total. The lowest BCUT2D eigenvalue weighted by molar-refractivity contribution is 0.176. The SMILES string of the molecule is Cc1cccc(C(O)Cc2cc(F)ccc2F)c1I. The van der Waals surface area contributed by atoms with Gasteiger partial charge in [-0.15, -0.1) is 0 Å². The van der Waals surface area contributed by atoms with E-state index in [0.717, 1.165) is 32.9 Å². The first-order chi connectivity index (χ1) is 8.99. The van der Waals surface area contributed by atoms with Gasteiger partial charge in [0.1, 0.15) is 11.6 Å². The third-order valence-corrected chi connectivity index (χ3v) is 4.48. The molecule has 0 fully saturated rings. The minimum atomic E-state index is -0.844. The molecule has 0 aliphatic rings. The van der Waals surface area contributed by atoms with Gasteiger partial charge in [-0.2, -0.15) is 0 Å². The predicted octanol–water partition coefficient (Wildman–Crippen LogP) is 4.15. The second-order valence-electron chi connectivity index (χ2n) is 4.43. The van der Waals surface area contributed by atoms with Crippen LogP contribution in [0.4, 0.5) is 8.78 Å². The van der Waals surface area contributed by atoms with Crippen molar-refractivity contribution >= 4 is 22.6 Å². The highest BCUT2D eigenvalue weighted by atomic mass is 127. The van der Waals surface area contributed by atoms with E-state index in [1.165, 1.54) is 0 Å². The van der Waals surface area contributed by atoms with Crippen LogP contribution in [0, 0.1) is 22.1 Å². The Labute approximate surface area is 124 Å². The monoisotopic (exact) mass is 374 g/mol. The minimum Gasteiger partial charge on any atom is -0.388 e. The summed E-state index contributed by atoms with van der Waals surface area (Å²) in [6.07, 6.45) is -0.786. The lowest BCUT2D eigenvalue weighted by atomic mass is 9.99. The zero-order valence-electron chi connectivity index (χ0n) is 10.3. The van der Waals surface area contributed by atoms with Gasteiger partial charge in [0.2, 0.25) is 0 Å². The number of hydrogen-bond acceptors (Lipinski definition) is 1. The van der Waals surface area contributed by atoms with Gasteiger partial charge in [0.15, 0.2) is 0 Å². The molecule has 2 aromatic carbocycles. The Balaban J connectivity index is 2.28. The largest absolute Gasteiger partial charge is 0.388 e. The molecule has 0 amide bonds. The Morgan fingerprint density at radius 2 is 1.95 bits per heavy atom. The van der Waals surface area contributed by atoms with Crippen molar-refractivity contribution in [3.8, 4) is 0 Å². The fraction of sp³-hybridized carbons (Fsp3) is 0.200. The number of aliphatic hydroxyl groups is 1. The highest BCUT2D eigenvalue weighted by Crippen LogP contribution is 2.26. The van der Waals surface area contributed by atoms with Gasteiger partial charge in [0.25, 0.3) is 0 Å². The molecule has 0 aliphatic carbocycles. The smallest absolute Gasteiger partial charge is 0.126 e. The van der Waals surface area contributed by atoms with Crippen molar-refractivity contribution in [2.24, 2.45) is 0 Å². The lowest BCUT2D eigenvalue weighted by Crippen LogP contribution is -2.06. The summed E-state index contributed by atoms with van der Waals surface area (Å²) in [6, 6.07) is 8.87. The highest BCUT2D eigenvalue weighted by Gasteiger charge is 2.15. The van der Waals surface area contributed by atoms with E-state index >= 15 is 0 Å². The molecule has 0 radical (unpaired) electrons. The average molecular weight is 374 g/mol. The number of benzene rings is 2. The summed E-state index contributed by atoms with van der Waals surface area (Å²) >= 11 is 2.15. The molecule has 19 heavy (non-hydrogen) atoms. The zero-order chi connectivity index (χ0) is 14.0. The van der Waals surface area contributed by atoms with Crippen molar-refractivity contribution < 1.29 is 13.9 Å². The van der Waals surface area contributed by atoms with Crippen LogP contribution in [0.2, 0.25) is 0 Å². The topological polar surface area (TPSA) is 20.2 Å². The molecule has 1 unspecified atom stereocenters. The van der Waals surface area contributed by atoms with E-state index < -0.39 is 17.7 Å². The van der Waals surface area contributed by atoms with Crippen LogP contribution >= 0.6 is 22.6 Å². The van der Waals surface area contributed by atoms with Crippen molar-refractivity contribution in [3.63, 3.8) is 0 Å². The molecule has 100 valence electrons. The Morgan fingerprint density at radius 3 is 2.68 bits per heavy atom. The molecule has 0 spiro atoms. The van der Waals surface area contributed by atoms with Crippen LogP contribution in [-0.4, -0.2) is 5.11 Å². The van der Waals surface area contributed by atoms with E-state index in [2.05, 4.69) is 22.6 Å². The molecule has 4 heteroatoms. The number of halogens is 3. The Hall–Kier alpha value is -1.01. The van der Waals surface area contributed by atoms with Gasteiger partial charge in [-0.3, -0.25) is 0 Å². The van der Waals surface area contributed by atoms with E-state index in [1.54, 1.807) is 6.07 Å². The molecular formula is C15H13F2IO. The van der Waals surface area contributed by atoms with Crippen molar-refractivity contribution in [1.29, 1.82) is 0 Å². The molecule has 0 bridgehead atoms. The number of aliphatic hydroxyl groups excluding tert-OH is 1. The Kier molecular flexibility index (Phi) is 4.52. The predicted molar refractivity (Wildman–Crippen MR) is 78.9 cm³/mol. The van der Waals surface area contributed by atoms with Crippen LogP contribution in [0.25, 0.3) is 0 Å². The summed E-state index contributed by atoms with van der Waals surface area (Å²) in [4.78, 5) is 0. The first kappa shape index (κ1) is 14.4. The molecule has 0 saturated heterocycles. The molecule has 1 atom stereocenters. The maximum absolute atomic E-state index is 13.5. The quantitative estimate of drug-likeness (QED) is 0.801. The fourth-order valence-corrected chi connectivity index (χ4v) is 2.66. The van der Waals surface area contributed by atoms with Gasteiger partial charge in [-0.25, -0.2) is 8.78 Å². The Bertz CT molecular complexity index is 599. The summed E-state index contributed by atoms with van der Waals surface area (Å²) in [5, 5.41) is 10.2. The van der Waals surface area contributed by atoms with E-state index in [0.29, 0.717) is 0 Å². The Morgan fingerprint density at radius 1 is 1.21 bits per heavy atom. The molecule has 2 aromatic rings. The van der Waals surface area contributed by atoms with Gasteiger partial charge in [0.05, 0.1) is 6.10 Å². The summed E-state index contributed by atoms with van der Waals surface area (Å²) in [5.41, 5.74) is 1.98. The highest BCUT2D eigenvalue weighted by molar-refractivity contribution is 14.1. The maximum Gasteiger partial charge on any atom is 0.126 e. The fourth-order valence-electron chi connectivity index (χ4n) is 1.95. The van der Waals surface area contributed by atoms with Crippen LogP contribution in [-0.2, 0) is 6.42 Å². The van der Waals surface area contributed by atoms with Crippen molar-refractivity contribution in [2.75, 3.05) is 0 Å². The number of aryl methyl sites for hydroxylation is 1. The third kappa shape index (κ3) is 3.30. The summed E-state index contributed by atoms with van der Waals surface area (Å²) in [6.45, 7) is 1.95. The normalized spacial score (nSPS) is 12.5. The van der Waals surface area contributed by atoms with Crippen molar-refractivity contribution in [3.05, 3.63) is 68.3 Å². The zero-order valence-corrected chi connectivity index (χ0v) is 12.5. The second-order valence-corrected chi connectivity index (χ2v) is 5.51. The maximum atomic E-state index is 13.5. The summed E-state index contributed by atoms with van der Waals surface area (Å²) in [7, 11) is 0. The molecule has 0 aromatic heterocycles. The van der Waals surface area contributed by atoms with Gasteiger partial charge < -0.3 is 5.11 Å². The van der Waals surface area contributed by atoms with Gasteiger partial charge >= 0.3 is 0 Å². The second kappa shape index (κ2) is 5.96. The van der Waals surface area contributed by atoms with Gasteiger partial charge in [0, 0.05) is 9.99 Å². The van der Waals surface area contributed by atoms with E-state index in [-0.39, 0.29) is 12.0 Å². The van der Waals surface area contributed by atoms with E-state index in [4.69, 9.17) is 0 Å². The first-order valence-corrected chi connectivity index (χ1v) is 6.94. The van der Waals surface area contributed by atoms with Gasteiger partial charge in [-0.05, 0) is 64.4 Å². The summed E-state index contributed by atoms with van der Waals surface area (Å²) in [5.74, 6) is -0.995. The third-order valence-electron chi connectivity index (χ3n) is 3.00. The molecule has 0 aliphatic heterocycles. The average Bonchev–Trinajstić information content (AvgIpc) is 2.37. The minimum absolute atomic E-state index is 0.0586. The first-order valence-electron chi connectivity index (χ1n) is 5.86. The van der Waals surface area contributed by atoms with Crippen molar-refractivity contribution in [2.45, 2.75) is 19.4 Å². The van der Waals surface area contributed by atoms with Crippen LogP contribution in [0.15, 0.2) is 36.4 Å². The number of rotatable bonds is 3. The standard InChI is InChI=1S/C15H13F2IO/c1-9-3-2-4-12(15(9)18)14(19)8-10-7-11(16)5-6-13(10)17/h2-7,14,19H,8H2,1H3. The molecular weight excluding hydrogens is 361 g/mol. The van der Waals surface area contributed by atoms with E-state index in [1.807, 2.05) is 19.1 Å². The van der Waals surface area contributed by atoms with Gasteiger partial charge in [-0.1, -0.05) is 18.2 Å². The number of hydrogen-bond donors (Lipinski definition) is 1. The molecule has 1 N–H and O–H groups in total. The lowest BCUT2D eigenvalue weighted by Gasteiger charge is -2.15. The van der Waals surface area contributed by atoms with E-state index in [9.17, 15) is 13.9 Å². The molecule has 0 saturated carbocycles. The van der Waals surface area contributed by atoms with Crippen LogP contribution in [0.5, 0.6) is 0 Å². The van der Waals surface area contributed by atoms with Crippen molar-refractivity contribution in [1.82, 2.24) is 0 Å². The molecule has 0 heterocycles. The van der Waals surface area contributed by atoms with Crippen LogP contribution in [0.3, 0.4) is 0 Å². The van der Waals surface area contributed by atoms with Crippen LogP contribution in [0.1, 0.15) is 22.8 Å².